The summed E-state index contributed by atoms with van der Waals surface area (Å²) >= 11 is 0. The van der Waals surface area contributed by atoms with Crippen LogP contribution < -0.4 is 10.5 Å². The first-order valence-corrected chi connectivity index (χ1v) is 7.12. The molecule has 3 saturated heterocycles. The van der Waals surface area contributed by atoms with Gasteiger partial charge in [0.2, 0.25) is 0 Å². The summed E-state index contributed by atoms with van der Waals surface area (Å²) in [5, 5.41) is 0. The predicted molar refractivity (Wildman–Crippen MR) is 76.5 cm³/mol. The van der Waals surface area contributed by atoms with Crippen molar-refractivity contribution in [3.63, 3.8) is 0 Å². The quantitative estimate of drug-likeness (QED) is 0.860. The van der Waals surface area contributed by atoms with Gasteiger partial charge in [0.05, 0.1) is 7.11 Å². The van der Waals surface area contributed by atoms with E-state index < -0.39 is 0 Å². The first-order chi connectivity index (χ1) is 9.28. The number of benzene rings is 1. The molecule has 2 bridgehead atoms. The first kappa shape index (κ1) is 12.9. The highest BCUT2D eigenvalue weighted by Gasteiger charge is 2.35. The van der Waals surface area contributed by atoms with Crippen molar-refractivity contribution >= 4 is 0 Å². The Morgan fingerprint density at radius 2 is 2.00 bits per heavy atom. The van der Waals surface area contributed by atoms with Crippen LogP contribution in [0.2, 0.25) is 0 Å². The van der Waals surface area contributed by atoms with Crippen molar-refractivity contribution in [2.75, 3.05) is 39.8 Å². The molecule has 2 N–H and O–H groups in total. The maximum Gasteiger partial charge on any atom is 0.122 e. The van der Waals surface area contributed by atoms with Crippen LogP contribution >= 0.6 is 0 Å². The van der Waals surface area contributed by atoms with Gasteiger partial charge in [0.25, 0.3) is 0 Å². The predicted octanol–water partition coefficient (Wildman–Crippen LogP) is 0.565. The average molecular weight is 261 g/mol. The number of fused-ring (bicyclic) bond motifs is 3. The lowest BCUT2D eigenvalue weighted by Gasteiger charge is -2.49. The van der Waals surface area contributed by atoms with E-state index >= 15 is 0 Å². The van der Waals surface area contributed by atoms with Crippen molar-refractivity contribution in [2.45, 2.75) is 18.5 Å². The van der Waals surface area contributed by atoms with E-state index in [4.69, 9.17) is 10.5 Å². The number of hydrogen-bond donors (Lipinski definition) is 1. The Morgan fingerprint density at radius 1 is 1.26 bits per heavy atom. The van der Waals surface area contributed by atoms with E-state index in [1.54, 1.807) is 7.11 Å². The van der Waals surface area contributed by atoms with Crippen LogP contribution in [0.15, 0.2) is 24.3 Å². The molecule has 0 amide bonds. The van der Waals surface area contributed by atoms with Gasteiger partial charge in [-0.1, -0.05) is 18.2 Å². The van der Waals surface area contributed by atoms with E-state index in [-0.39, 0.29) is 6.04 Å². The highest BCUT2D eigenvalue weighted by Crippen LogP contribution is 2.23. The molecule has 4 rings (SSSR count). The van der Waals surface area contributed by atoms with E-state index in [2.05, 4.69) is 21.9 Å². The number of ether oxygens (including phenoxy) is 1. The first-order valence-electron chi connectivity index (χ1n) is 7.12. The molecule has 0 spiro atoms. The fraction of sp³-hybridized carbons (Fsp3) is 0.600. The molecule has 4 heteroatoms. The number of rotatable bonds is 4. The van der Waals surface area contributed by atoms with E-state index in [9.17, 15) is 0 Å². The molecule has 0 saturated carbocycles. The lowest BCUT2D eigenvalue weighted by atomic mass is 9.95. The molecule has 1 aromatic rings. The Hall–Kier alpha value is -1.10. The van der Waals surface area contributed by atoms with E-state index in [1.165, 1.54) is 31.7 Å². The number of nitrogens with zero attached hydrogens (tertiary/aromatic N) is 2. The van der Waals surface area contributed by atoms with Gasteiger partial charge >= 0.3 is 0 Å². The summed E-state index contributed by atoms with van der Waals surface area (Å²) in [4.78, 5) is 5.09. The van der Waals surface area contributed by atoms with Gasteiger partial charge in [-0.3, -0.25) is 9.80 Å². The minimum Gasteiger partial charge on any atom is -0.496 e. The minimum atomic E-state index is 0.180. The van der Waals surface area contributed by atoms with Gasteiger partial charge in [-0.2, -0.15) is 0 Å². The van der Waals surface area contributed by atoms with E-state index in [1.807, 2.05) is 12.1 Å². The molecule has 2 unspecified atom stereocenters. The molecule has 0 radical (unpaired) electrons. The summed E-state index contributed by atoms with van der Waals surface area (Å²) in [6.45, 7) is 5.88. The molecular weight excluding hydrogens is 238 g/mol. The summed E-state index contributed by atoms with van der Waals surface area (Å²) in [7, 11) is 1.72. The summed E-state index contributed by atoms with van der Waals surface area (Å²) in [5.41, 5.74) is 7.68. The number of hydrogen-bond acceptors (Lipinski definition) is 4. The van der Waals surface area contributed by atoms with E-state index in [0.29, 0.717) is 6.04 Å². The molecule has 0 aliphatic carbocycles. The third kappa shape index (κ3) is 2.61. The summed E-state index contributed by atoms with van der Waals surface area (Å²) in [6.07, 6.45) is 0.888. The lowest BCUT2D eigenvalue weighted by Crippen LogP contribution is -2.66. The van der Waals surface area contributed by atoms with Crippen molar-refractivity contribution in [1.29, 1.82) is 0 Å². The minimum absolute atomic E-state index is 0.180. The van der Waals surface area contributed by atoms with Crippen molar-refractivity contribution in [2.24, 2.45) is 5.73 Å². The third-order valence-corrected chi connectivity index (χ3v) is 4.46. The standard InChI is InChI=1S/C15H23N3O/c1-19-15-5-3-2-4-12(15)10-13(16)14-11-17-6-8-18(14)9-7-17/h2-5,13-14H,6-11,16H2,1H3. The van der Waals surface area contributed by atoms with Gasteiger partial charge in [-0.15, -0.1) is 0 Å². The van der Waals surface area contributed by atoms with Crippen molar-refractivity contribution < 1.29 is 4.74 Å². The molecule has 0 aromatic heterocycles. The van der Waals surface area contributed by atoms with Gasteiger partial charge in [-0.25, -0.2) is 0 Å². The molecule has 2 atom stereocenters. The zero-order valence-electron chi connectivity index (χ0n) is 11.6. The fourth-order valence-electron chi connectivity index (χ4n) is 3.33. The largest absolute Gasteiger partial charge is 0.496 e. The van der Waals surface area contributed by atoms with Crippen molar-refractivity contribution in [3.05, 3.63) is 29.8 Å². The number of methoxy groups -OCH3 is 1. The van der Waals surface area contributed by atoms with Gasteiger partial charge in [0.15, 0.2) is 0 Å². The van der Waals surface area contributed by atoms with Crippen LogP contribution in [0, 0.1) is 0 Å². The zero-order valence-corrected chi connectivity index (χ0v) is 11.6. The SMILES string of the molecule is COc1ccccc1CC(N)C1CN2CCN1CC2. The normalized spacial score (nSPS) is 31.2. The summed E-state index contributed by atoms with van der Waals surface area (Å²) in [6, 6.07) is 8.87. The monoisotopic (exact) mass is 261 g/mol. The maximum absolute atomic E-state index is 6.47. The van der Waals surface area contributed by atoms with Crippen LogP contribution in [0.4, 0.5) is 0 Å². The average Bonchev–Trinajstić information content (AvgIpc) is 2.49. The van der Waals surface area contributed by atoms with Gasteiger partial charge in [0, 0.05) is 44.8 Å². The van der Waals surface area contributed by atoms with Crippen LogP contribution in [-0.4, -0.2) is 61.7 Å². The second-order valence-corrected chi connectivity index (χ2v) is 5.58. The third-order valence-electron chi connectivity index (χ3n) is 4.46. The highest BCUT2D eigenvalue weighted by atomic mass is 16.5. The zero-order chi connectivity index (χ0) is 13.2. The Labute approximate surface area is 115 Å². The van der Waals surface area contributed by atoms with Crippen LogP contribution in [-0.2, 0) is 6.42 Å². The molecule has 3 aliphatic heterocycles. The Bertz CT molecular complexity index is 429. The van der Waals surface area contributed by atoms with Crippen LogP contribution in [0.3, 0.4) is 0 Å². The van der Waals surface area contributed by atoms with Gasteiger partial charge < -0.3 is 10.5 Å². The Balaban J connectivity index is 1.69. The number of piperazine rings is 3. The maximum atomic E-state index is 6.47. The number of nitrogens with two attached hydrogens (primary N) is 1. The van der Waals surface area contributed by atoms with E-state index in [0.717, 1.165) is 18.7 Å². The molecule has 3 aliphatic rings. The molecule has 104 valence electrons. The smallest absolute Gasteiger partial charge is 0.122 e. The van der Waals surface area contributed by atoms with Crippen LogP contribution in [0.1, 0.15) is 5.56 Å². The van der Waals surface area contributed by atoms with Crippen LogP contribution in [0.25, 0.3) is 0 Å². The summed E-state index contributed by atoms with van der Waals surface area (Å²) < 4.78 is 5.42. The molecule has 4 nitrogen and oxygen atoms in total. The van der Waals surface area contributed by atoms with Crippen molar-refractivity contribution in [1.82, 2.24) is 9.80 Å². The molecule has 19 heavy (non-hydrogen) atoms. The number of para-hydroxylation sites is 1. The van der Waals surface area contributed by atoms with Gasteiger partial charge in [-0.05, 0) is 18.1 Å². The van der Waals surface area contributed by atoms with Crippen LogP contribution in [0.5, 0.6) is 5.75 Å². The fourth-order valence-corrected chi connectivity index (χ4v) is 3.33. The molecular formula is C15H23N3O. The second-order valence-electron chi connectivity index (χ2n) is 5.58. The van der Waals surface area contributed by atoms with Crippen molar-refractivity contribution in [3.8, 4) is 5.75 Å². The molecule has 3 fully saturated rings. The topological polar surface area (TPSA) is 41.7 Å². The molecule has 3 heterocycles. The Morgan fingerprint density at radius 3 is 2.63 bits per heavy atom. The Kier molecular flexibility index (Phi) is 3.73. The second kappa shape index (κ2) is 5.49. The molecule has 1 aromatic carbocycles. The lowest BCUT2D eigenvalue weighted by molar-refractivity contribution is 0.00253. The van der Waals surface area contributed by atoms with Gasteiger partial charge in [0.1, 0.15) is 5.75 Å². The highest BCUT2D eigenvalue weighted by molar-refractivity contribution is 5.34. The summed E-state index contributed by atoms with van der Waals surface area (Å²) in [5.74, 6) is 0.953.